The van der Waals surface area contributed by atoms with Crippen LogP contribution < -0.4 is 3.71 Å². The van der Waals surface area contributed by atoms with Gasteiger partial charge in [-0.2, -0.15) is 16.8 Å². The molecule has 0 aliphatic heterocycles. The minimum Gasteiger partial charge on any atom is -0.200 e. The van der Waals surface area contributed by atoms with Crippen molar-refractivity contribution in [2.45, 2.75) is 9.79 Å². The van der Waals surface area contributed by atoms with Gasteiger partial charge in [0, 0.05) is 9.85 Å². The SMILES string of the molecule is O=S(=O)(c1ccccc1)N(c1cc(Br)cs1)S(=O)(=O)c1ccccc1. The summed E-state index contributed by atoms with van der Waals surface area (Å²) < 4.78 is 53.5. The smallest absolute Gasteiger partial charge is 0.200 e. The van der Waals surface area contributed by atoms with Crippen molar-refractivity contribution in [3.8, 4) is 0 Å². The number of rotatable bonds is 5. The van der Waals surface area contributed by atoms with Crippen LogP contribution in [-0.4, -0.2) is 16.8 Å². The van der Waals surface area contributed by atoms with Gasteiger partial charge in [0.25, 0.3) is 20.0 Å². The lowest BCUT2D eigenvalue weighted by atomic mass is 10.4. The normalized spacial score (nSPS) is 12.0. The van der Waals surface area contributed by atoms with Crippen molar-refractivity contribution in [1.82, 2.24) is 0 Å². The summed E-state index contributed by atoms with van der Waals surface area (Å²) in [6.07, 6.45) is 0. The number of thiophene rings is 1. The number of sulfonamides is 2. The summed E-state index contributed by atoms with van der Waals surface area (Å²) in [5, 5.41) is 1.71. The summed E-state index contributed by atoms with van der Waals surface area (Å²) in [6.45, 7) is 0. The third-order valence-corrected chi connectivity index (χ3v) is 9.34. The van der Waals surface area contributed by atoms with E-state index >= 15 is 0 Å². The van der Waals surface area contributed by atoms with Crippen LogP contribution in [0.15, 0.2) is 86.4 Å². The van der Waals surface area contributed by atoms with Crippen molar-refractivity contribution >= 4 is 52.3 Å². The van der Waals surface area contributed by atoms with Crippen LogP contribution in [0.4, 0.5) is 5.00 Å². The average Bonchev–Trinajstić information content (AvgIpc) is 3.01. The molecule has 0 amide bonds. The van der Waals surface area contributed by atoms with Gasteiger partial charge in [0.15, 0.2) is 0 Å². The molecule has 0 spiro atoms. The van der Waals surface area contributed by atoms with Crippen LogP contribution >= 0.6 is 27.3 Å². The maximum Gasteiger partial charge on any atom is 0.278 e. The lowest BCUT2D eigenvalue weighted by Gasteiger charge is -2.22. The van der Waals surface area contributed by atoms with E-state index in [9.17, 15) is 16.8 Å². The molecule has 0 saturated carbocycles. The highest BCUT2D eigenvalue weighted by Crippen LogP contribution is 2.36. The van der Waals surface area contributed by atoms with Crippen molar-refractivity contribution in [3.05, 3.63) is 76.6 Å². The van der Waals surface area contributed by atoms with E-state index in [1.54, 1.807) is 41.8 Å². The van der Waals surface area contributed by atoms with Crippen LogP contribution in [0.5, 0.6) is 0 Å². The van der Waals surface area contributed by atoms with Crippen molar-refractivity contribution in [1.29, 1.82) is 0 Å². The van der Waals surface area contributed by atoms with Crippen LogP contribution in [0.3, 0.4) is 0 Å². The first kappa shape index (κ1) is 18.1. The van der Waals surface area contributed by atoms with Crippen molar-refractivity contribution in [2.24, 2.45) is 0 Å². The Labute approximate surface area is 158 Å². The molecule has 0 N–H and O–H groups in total. The second-order valence-electron chi connectivity index (χ2n) is 4.94. The molecule has 25 heavy (non-hydrogen) atoms. The third kappa shape index (κ3) is 3.50. The zero-order valence-electron chi connectivity index (χ0n) is 12.6. The summed E-state index contributed by atoms with van der Waals surface area (Å²) in [7, 11) is -8.62. The van der Waals surface area contributed by atoms with E-state index in [0.29, 0.717) is 8.18 Å². The predicted molar refractivity (Wildman–Crippen MR) is 102 cm³/mol. The molecule has 5 nitrogen and oxygen atoms in total. The number of anilines is 1. The molecule has 0 fully saturated rings. The number of nitrogens with zero attached hydrogens (tertiary/aromatic N) is 1. The molecule has 0 atom stereocenters. The lowest BCUT2D eigenvalue weighted by Crippen LogP contribution is -2.36. The minimum atomic E-state index is -4.31. The first-order valence-corrected chi connectivity index (χ1v) is 11.5. The van der Waals surface area contributed by atoms with Gasteiger partial charge in [-0.05, 0) is 46.3 Å². The summed E-state index contributed by atoms with van der Waals surface area (Å²) in [6, 6.07) is 16.4. The van der Waals surface area contributed by atoms with Gasteiger partial charge in [-0.25, -0.2) is 0 Å². The second kappa shape index (κ2) is 6.91. The zero-order chi connectivity index (χ0) is 18.1. The van der Waals surface area contributed by atoms with E-state index in [-0.39, 0.29) is 14.8 Å². The Balaban J connectivity index is 2.25. The molecule has 130 valence electrons. The molecule has 0 saturated heterocycles. The number of hydrogen-bond donors (Lipinski definition) is 0. The maximum atomic E-state index is 13.1. The highest BCUT2D eigenvalue weighted by atomic mass is 79.9. The van der Waals surface area contributed by atoms with Crippen LogP contribution in [0.2, 0.25) is 0 Å². The fourth-order valence-corrected chi connectivity index (χ4v) is 7.73. The molecule has 0 radical (unpaired) electrons. The Morgan fingerprint density at radius 2 is 1.20 bits per heavy atom. The maximum absolute atomic E-state index is 13.1. The average molecular weight is 458 g/mol. The fraction of sp³-hybridized carbons (Fsp3) is 0. The molecule has 0 aliphatic rings. The molecule has 0 unspecified atom stereocenters. The van der Waals surface area contributed by atoms with Gasteiger partial charge in [-0.1, -0.05) is 36.4 Å². The van der Waals surface area contributed by atoms with Gasteiger partial charge in [0.05, 0.1) is 9.79 Å². The summed E-state index contributed by atoms with van der Waals surface area (Å²) >= 11 is 4.26. The minimum absolute atomic E-state index is 0.0829. The number of halogens is 1. The van der Waals surface area contributed by atoms with Crippen LogP contribution in [-0.2, 0) is 20.0 Å². The third-order valence-electron chi connectivity index (χ3n) is 3.25. The highest BCUT2D eigenvalue weighted by molar-refractivity contribution is 9.10. The van der Waals surface area contributed by atoms with Crippen molar-refractivity contribution < 1.29 is 16.8 Å². The molecule has 0 aliphatic carbocycles. The summed E-state index contributed by atoms with van der Waals surface area (Å²) in [5.41, 5.74) is 0. The molecule has 3 aromatic rings. The van der Waals surface area contributed by atoms with Crippen molar-refractivity contribution in [2.75, 3.05) is 3.71 Å². The van der Waals surface area contributed by atoms with Gasteiger partial charge >= 0.3 is 0 Å². The Kier molecular flexibility index (Phi) is 5.01. The Hall–Kier alpha value is -1.68. The molecule has 3 rings (SSSR count). The summed E-state index contributed by atoms with van der Waals surface area (Å²) in [4.78, 5) is -0.196. The van der Waals surface area contributed by atoms with E-state index in [2.05, 4.69) is 15.9 Å². The molecular formula is C16H12BrNO4S3. The molecule has 0 bridgehead atoms. The van der Waals surface area contributed by atoms with Gasteiger partial charge < -0.3 is 0 Å². The monoisotopic (exact) mass is 457 g/mol. The van der Waals surface area contributed by atoms with E-state index in [1.165, 1.54) is 30.3 Å². The topological polar surface area (TPSA) is 71.5 Å². The molecule has 1 heterocycles. The van der Waals surface area contributed by atoms with E-state index < -0.39 is 20.0 Å². The van der Waals surface area contributed by atoms with Gasteiger partial charge in [0.1, 0.15) is 5.00 Å². The molecule has 1 aromatic heterocycles. The predicted octanol–water partition coefficient (Wildman–Crippen LogP) is 4.09. The van der Waals surface area contributed by atoms with Gasteiger partial charge in [-0.15, -0.1) is 15.0 Å². The first-order valence-electron chi connectivity index (χ1n) is 6.98. The van der Waals surface area contributed by atoms with Gasteiger partial charge in [0.2, 0.25) is 0 Å². The fourth-order valence-electron chi connectivity index (χ4n) is 2.14. The Bertz CT molecular complexity index is 1010. The highest BCUT2D eigenvalue weighted by Gasteiger charge is 2.37. The van der Waals surface area contributed by atoms with Crippen LogP contribution in [0, 0.1) is 0 Å². The molecule has 2 aromatic carbocycles. The number of benzene rings is 2. The molecular weight excluding hydrogens is 446 g/mol. The van der Waals surface area contributed by atoms with Gasteiger partial charge in [-0.3, -0.25) is 0 Å². The Morgan fingerprint density at radius 1 is 0.760 bits per heavy atom. The van der Waals surface area contributed by atoms with Crippen molar-refractivity contribution in [3.63, 3.8) is 0 Å². The number of hydrogen-bond acceptors (Lipinski definition) is 5. The van der Waals surface area contributed by atoms with E-state index in [0.717, 1.165) is 11.3 Å². The zero-order valence-corrected chi connectivity index (χ0v) is 16.6. The van der Waals surface area contributed by atoms with E-state index in [4.69, 9.17) is 0 Å². The van der Waals surface area contributed by atoms with Crippen LogP contribution in [0.1, 0.15) is 0 Å². The molecule has 9 heteroatoms. The second-order valence-corrected chi connectivity index (χ2v) is 10.5. The standard InChI is InChI=1S/C16H12BrNO4S3/c17-13-11-16(23-12-13)18(24(19,20)14-7-3-1-4-8-14)25(21,22)15-9-5-2-6-10-15/h1-12H. The van der Waals surface area contributed by atoms with Crippen LogP contribution in [0.25, 0.3) is 0 Å². The lowest BCUT2D eigenvalue weighted by molar-refractivity contribution is 0.584. The van der Waals surface area contributed by atoms with E-state index in [1.807, 2.05) is 0 Å². The largest absolute Gasteiger partial charge is 0.278 e. The quantitative estimate of drug-likeness (QED) is 0.578. The summed E-state index contributed by atoms with van der Waals surface area (Å²) in [5.74, 6) is 0. The first-order chi connectivity index (χ1) is 11.8. The Morgan fingerprint density at radius 3 is 1.56 bits per heavy atom.